The fourth-order valence-corrected chi connectivity index (χ4v) is 4.85. The predicted molar refractivity (Wildman–Crippen MR) is 133 cm³/mol. The molecule has 4 aromatic rings. The number of hydrogen-bond donors (Lipinski definition) is 2. The summed E-state index contributed by atoms with van der Waals surface area (Å²) in [6.07, 6.45) is 3.87. The molecule has 0 aliphatic rings. The Morgan fingerprint density at radius 2 is 2.03 bits per heavy atom. The van der Waals surface area contributed by atoms with Crippen LogP contribution in [-0.2, 0) is 30.0 Å². The van der Waals surface area contributed by atoms with Gasteiger partial charge in [-0.1, -0.05) is 19.9 Å². The third-order valence-corrected chi connectivity index (χ3v) is 6.77. The lowest BCUT2D eigenvalue weighted by Gasteiger charge is -2.13. The number of hydrogen-bond acceptors (Lipinski definition) is 7. The number of aryl methyl sites for hydroxylation is 1. The molecule has 0 aliphatic heterocycles. The summed E-state index contributed by atoms with van der Waals surface area (Å²) in [5, 5.41) is 4.49. The van der Waals surface area contributed by atoms with E-state index in [9.17, 15) is 13.2 Å². The number of nitrogens with one attached hydrogen (secondary N) is 2. The van der Waals surface area contributed by atoms with E-state index in [0.717, 1.165) is 5.56 Å². The van der Waals surface area contributed by atoms with Gasteiger partial charge in [0.25, 0.3) is 5.56 Å². The monoisotopic (exact) mass is 496 g/mol. The molecule has 0 unspecified atom stereocenters. The highest BCUT2D eigenvalue weighted by molar-refractivity contribution is 7.89. The van der Waals surface area contributed by atoms with Crippen LogP contribution in [0.2, 0.25) is 0 Å². The van der Waals surface area contributed by atoms with Crippen molar-refractivity contribution in [2.24, 2.45) is 13.0 Å². The van der Waals surface area contributed by atoms with E-state index in [4.69, 9.17) is 9.72 Å². The largest absolute Gasteiger partial charge is 0.493 e. The molecule has 3 heterocycles. The second kappa shape index (κ2) is 9.96. The van der Waals surface area contributed by atoms with Crippen molar-refractivity contribution in [2.45, 2.75) is 38.6 Å². The molecule has 0 bridgehead atoms. The Kier molecular flexibility index (Phi) is 6.99. The van der Waals surface area contributed by atoms with Crippen LogP contribution in [0.3, 0.4) is 0 Å². The molecule has 2 N–H and O–H groups in total. The third kappa shape index (κ3) is 5.25. The van der Waals surface area contributed by atoms with Gasteiger partial charge in [0.2, 0.25) is 10.0 Å². The minimum absolute atomic E-state index is 0.0242. The fraction of sp³-hybridized carbons (Fsp3) is 0.333. The van der Waals surface area contributed by atoms with Gasteiger partial charge in [0, 0.05) is 26.0 Å². The number of aromatic nitrogens is 5. The van der Waals surface area contributed by atoms with Crippen molar-refractivity contribution in [1.29, 1.82) is 0 Å². The van der Waals surface area contributed by atoms with Gasteiger partial charge in [-0.25, -0.2) is 18.1 Å². The Bertz CT molecular complexity index is 1510. The molecule has 0 amide bonds. The lowest BCUT2D eigenvalue weighted by atomic mass is 10.1. The second-order valence-corrected chi connectivity index (χ2v) is 10.3. The van der Waals surface area contributed by atoms with Gasteiger partial charge in [-0.15, -0.1) is 0 Å². The zero-order valence-electron chi connectivity index (χ0n) is 20.1. The van der Waals surface area contributed by atoms with Crippen molar-refractivity contribution < 1.29 is 13.2 Å². The van der Waals surface area contributed by atoms with Crippen LogP contribution in [0.25, 0.3) is 22.4 Å². The number of nitrogens with zero attached hydrogens (tertiary/aromatic N) is 4. The number of benzene rings is 1. The van der Waals surface area contributed by atoms with E-state index in [1.54, 1.807) is 37.6 Å². The average molecular weight is 497 g/mol. The molecule has 4 rings (SSSR count). The molecule has 0 saturated carbocycles. The van der Waals surface area contributed by atoms with Crippen LogP contribution in [0, 0.1) is 5.92 Å². The summed E-state index contributed by atoms with van der Waals surface area (Å²) in [5.41, 5.74) is 2.31. The third-order valence-electron chi connectivity index (χ3n) is 5.37. The van der Waals surface area contributed by atoms with Crippen LogP contribution in [0.4, 0.5) is 0 Å². The molecular weight excluding hydrogens is 468 g/mol. The van der Waals surface area contributed by atoms with Crippen molar-refractivity contribution in [3.05, 3.63) is 64.3 Å². The lowest BCUT2D eigenvalue weighted by Crippen LogP contribution is -2.23. The summed E-state index contributed by atoms with van der Waals surface area (Å²) >= 11 is 0. The molecule has 1 aromatic carbocycles. The van der Waals surface area contributed by atoms with Gasteiger partial charge in [-0.05, 0) is 49.1 Å². The Morgan fingerprint density at radius 1 is 1.23 bits per heavy atom. The topological polar surface area (TPSA) is 132 Å². The van der Waals surface area contributed by atoms with Crippen LogP contribution in [0.15, 0.2) is 52.4 Å². The maximum Gasteiger partial charge on any atom is 0.277 e. The van der Waals surface area contributed by atoms with Crippen LogP contribution < -0.4 is 15.0 Å². The van der Waals surface area contributed by atoms with E-state index in [1.807, 2.05) is 6.92 Å². The molecule has 0 radical (unpaired) electrons. The van der Waals surface area contributed by atoms with E-state index in [-0.39, 0.29) is 22.8 Å². The van der Waals surface area contributed by atoms with Gasteiger partial charge in [0.05, 0.1) is 22.8 Å². The molecule has 35 heavy (non-hydrogen) atoms. The number of ether oxygens (including phenoxy) is 1. The first-order chi connectivity index (χ1) is 16.7. The van der Waals surface area contributed by atoms with Crippen LogP contribution >= 0.6 is 0 Å². The first-order valence-corrected chi connectivity index (χ1v) is 12.8. The Morgan fingerprint density at radius 3 is 2.71 bits per heavy atom. The Balaban J connectivity index is 1.80. The van der Waals surface area contributed by atoms with Crippen molar-refractivity contribution >= 4 is 21.1 Å². The van der Waals surface area contributed by atoms with Crippen LogP contribution in [0.5, 0.6) is 5.75 Å². The average Bonchev–Trinajstić information content (AvgIpc) is 3.13. The first-order valence-electron chi connectivity index (χ1n) is 11.3. The van der Waals surface area contributed by atoms with E-state index in [2.05, 4.69) is 33.6 Å². The van der Waals surface area contributed by atoms with Crippen LogP contribution in [0.1, 0.15) is 32.0 Å². The predicted octanol–water partition coefficient (Wildman–Crippen LogP) is 2.79. The summed E-state index contributed by atoms with van der Waals surface area (Å²) in [6, 6.07) is 8.01. The molecule has 3 aromatic heterocycles. The SMILES string of the molecule is CCOc1ccc(S(=O)(=O)NCc2cccnc2)cc1-c1nc2c(CC(C)C)nn(C)c2c(=O)[nH]1. The number of rotatable bonds is 9. The number of sulfonamides is 1. The first kappa shape index (κ1) is 24.6. The van der Waals surface area contributed by atoms with Gasteiger partial charge in [0.15, 0.2) is 5.52 Å². The molecule has 0 fully saturated rings. The zero-order valence-corrected chi connectivity index (χ0v) is 20.9. The zero-order chi connectivity index (χ0) is 25.2. The Hall–Kier alpha value is -3.57. The smallest absolute Gasteiger partial charge is 0.277 e. The standard InChI is InChI=1S/C24H28N6O4S/c1-5-34-20-9-8-17(35(32,33)26-14-16-7-6-10-25-13-16)12-18(20)23-27-21-19(11-15(2)3)29-30(4)22(21)24(31)28-23/h6-10,12-13,15,26H,5,11,14H2,1-4H3,(H,27,28,31). The maximum atomic E-state index is 13.0. The summed E-state index contributed by atoms with van der Waals surface area (Å²) in [6.45, 7) is 6.40. The van der Waals surface area contributed by atoms with Crippen LogP contribution in [-0.4, -0.2) is 39.8 Å². The van der Waals surface area contributed by atoms with E-state index < -0.39 is 10.0 Å². The van der Waals surface area contributed by atoms with Crippen molar-refractivity contribution in [3.8, 4) is 17.1 Å². The van der Waals surface area contributed by atoms with Gasteiger partial charge < -0.3 is 9.72 Å². The highest BCUT2D eigenvalue weighted by atomic mass is 32.2. The van der Waals surface area contributed by atoms with E-state index in [1.165, 1.54) is 16.8 Å². The van der Waals surface area contributed by atoms with Crippen molar-refractivity contribution in [3.63, 3.8) is 0 Å². The van der Waals surface area contributed by atoms with Gasteiger partial charge in [-0.3, -0.25) is 14.5 Å². The van der Waals surface area contributed by atoms with Gasteiger partial charge in [0.1, 0.15) is 17.1 Å². The molecular formula is C24H28N6O4S. The quantitative estimate of drug-likeness (QED) is 0.364. The highest BCUT2D eigenvalue weighted by Gasteiger charge is 2.21. The summed E-state index contributed by atoms with van der Waals surface area (Å²) in [7, 11) is -2.16. The molecule has 11 heteroatoms. The molecule has 0 aliphatic carbocycles. The van der Waals surface area contributed by atoms with E-state index >= 15 is 0 Å². The molecule has 0 atom stereocenters. The fourth-order valence-electron chi connectivity index (χ4n) is 3.81. The number of fused-ring (bicyclic) bond motifs is 1. The molecule has 0 saturated heterocycles. The number of pyridine rings is 1. The van der Waals surface area contributed by atoms with Crippen molar-refractivity contribution in [2.75, 3.05) is 6.61 Å². The van der Waals surface area contributed by atoms with E-state index in [0.29, 0.717) is 47.0 Å². The second-order valence-electron chi connectivity index (χ2n) is 8.56. The minimum Gasteiger partial charge on any atom is -0.493 e. The minimum atomic E-state index is -3.86. The number of aromatic amines is 1. The Labute approximate surface area is 203 Å². The molecule has 184 valence electrons. The maximum absolute atomic E-state index is 13.0. The summed E-state index contributed by atoms with van der Waals surface area (Å²) in [5.74, 6) is 0.944. The summed E-state index contributed by atoms with van der Waals surface area (Å²) < 4.78 is 35.9. The lowest BCUT2D eigenvalue weighted by molar-refractivity contribution is 0.341. The highest BCUT2D eigenvalue weighted by Crippen LogP contribution is 2.31. The summed E-state index contributed by atoms with van der Waals surface area (Å²) in [4.78, 5) is 24.5. The van der Waals surface area contributed by atoms with Gasteiger partial charge >= 0.3 is 0 Å². The molecule has 10 nitrogen and oxygen atoms in total. The van der Waals surface area contributed by atoms with Gasteiger partial charge in [-0.2, -0.15) is 5.10 Å². The normalized spacial score (nSPS) is 11.9. The van der Waals surface area contributed by atoms with Crippen molar-refractivity contribution in [1.82, 2.24) is 29.5 Å². The molecule has 0 spiro atoms. The number of H-pyrrole nitrogens is 1.